The van der Waals surface area contributed by atoms with E-state index >= 15 is 0 Å². The van der Waals surface area contributed by atoms with E-state index in [-0.39, 0.29) is 16.5 Å². The minimum Gasteiger partial charge on any atom is -0.382 e. The summed E-state index contributed by atoms with van der Waals surface area (Å²) < 4.78 is 25.3. The fourth-order valence-corrected chi connectivity index (χ4v) is 3.06. The summed E-state index contributed by atoms with van der Waals surface area (Å²) in [7, 11) is -3.50. The van der Waals surface area contributed by atoms with Crippen LogP contribution in [0.4, 0.5) is 11.6 Å². The van der Waals surface area contributed by atoms with Crippen LogP contribution in [0.3, 0.4) is 0 Å². The van der Waals surface area contributed by atoms with Gasteiger partial charge in [0.05, 0.1) is 5.69 Å². The van der Waals surface area contributed by atoms with E-state index in [0.29, 0.717) is 17.3 Å². The van der Waals surface area contributed by atoms with Gasteiger partial charge in [-0.2, -0.15) is 0 Å². The number of halogens is 1. The Morgan fingerprint density at radius 1 is 1.43 bits per heavy atom. The van der Waals surface area contributed by atoms with E-state index in [0.717, 1.165) is 12.7 Å². The fourth-order valence-electron chi connectivity index (χ4n) is 1.95. The molecule has 1 heterocycles. The average molecular weight is 329 g/mol. The highest BCUT2D eigenvalue weighted by Crippen LogP contribution is 2.30. The highest BCUT2D eigenvalue weighted by Gasteiger charge is 2.24. The number of aromatic nitrogens is 2. The van der Waals surface area contributed by atoms with Gasteiger partial charge in [0.2, 0.25) is 0 Å². The maximum absolute atomic E-state index is 11.9. The molecule has 114 valence electrons. The first-order chi connectivity index (χ1) is 9.84. The molecule has 2 rings (SSSR count). The van der Waals surface area contributed by atoms with E-state index in [9.17, 15) is 8.42 Å². The highest BCUT2D eigenvalue weighted by molar-refractivity contribution is 7.91. The van der Waals surface area contributed by atoms with Crippen LogP contribution in [-0.2, 0) is 9.84 Å². The lowest BCUT2D eigenvalue weighted by molar-refractivity contribution is 0.602. The summed E-state index contributed by atoms with van der Waals surface area (Å²) in [6.45, 7) is 2.58. The lowest BCUT2D eigenvalue weighted by Gasteiger charge is -2.04. The van der Waals surface area contributed by atoms with Crippen LogP contribution < -0.4 is 11.1 Å². The maximum Gasteiger partial charge on any atom is 0.182 e. The van der Waals surface area contributed by atoms with Crippen molar-refractivity contribution in [3.8, 4) is 5.69 Å². The van der Waals surface area contributed by atoms with Crippen molar-refractivity contribution in [3.63, 3.8) is 0 Å². The van der Waals surface area contributed by atoms with Gasteiger partial charge in [-0.25, -0.2) is 13.1 Å². The normalized spacial score (nSPS) is 11.6. The lowest BCUT2D eigenvalue weighted by atomic mass is 10.3. The largest absolute Gasteiger partial charge is 0.382 e. The molecule has 1 aromatic carbocycles. The number of nitrogens with two attached hydrogens (primary N) is 1. The molecule has 0 aliphatic carbocycles. The predicted molar refractivity (Wildman–Crippen MR) is 84.9 cm³/mol. The molecule has 6 nitrogen and oxygen atoms in total. The van der Waals surface area contributed by atoms with Crippen LogP contribution in [0.25, 0.3) is 5.69 Å². The zero-order valence-corrected chi connectivity index (χ0v) is 13.4. The van der Waals surface area contributed by atoms with Gasteiger partial charge < -0.3 is 11.1 Å². The lowest BCUT2D eigenvalue weighted by Crippen LogP contribution is -2.07. The van der Waals surface area contributed by atoms with Crippen LogP contribution in [-0.4, -0.2) is 31.0 Å². The molecule has 0 spiro atoms. The zero-order chi connectivity index (χ0) is 15.6. The molecule has 0 radical (unpaired) electrons. The number of nitrogen functional groups attached to an aromatic ring is 1. The van der Waals surface area contributed by atoms with Crippen molar-refractivity contribution in [2.24, 2.45) is 0 Å². The Bertz CT molecular complexity index is 756. The molecule has 0 saturated carbocycles. The van der Waals surface area contributed by atoms with Gasteiger partial charge in [-0.15, -0.1) is 5.10 Å². The topological polar surface area (TPSA) is 90.0 Å². The van der Waals surface area contributed by atoms with Crippen LogP contribution in [0.1, 0.15) is 13.3 Å². The van der Waals surface area contributed by atoms with Gasteiger partial charge in [0.15, 0.2) is 20.6 Å². The summed E-state index contributed by atoms with van der Waals surface area (Å²) in [4.78, 5) is 0.0101. The fraction of sp³-hybridized carbons (Fsp3) is 0.308. The van der Waals surface area contributed by atoms with Crippen molar-refractivity contribution in [2.75, 3.05) is 23.9 Å². The number of benzene rings is 1. The highest BCUT2D eigenvalue weighted by atomic mass is 35.5. The first kappa shape index (κ1) is 15.7. The third-order valence-electron chi connectivity index (χ3n) is 2.84. The molecule has 21 heavy (non-hydrogen) atoms. The number of nitrogens with zero attached hydrogens (tertiary/aromatic N) is 2. The van der Waals surface area contributed by atoms with Gasteiger partial charge in [-0.1, -0.05) is 24.6 Å². The van der Waals surface area contributed by atoms with Crippen molar-refractivity contribution in [3.05, 3.63) is 29.3 Å². The second kappa shape index (κ2) is 5.95. The summed E-state index contributed by atoms with van der Waals surface area (Å²) in [5.41, 5.74) is 6.59. The molecule has 3 N–H and O–H groups in total. The van der Waals surface area contributed by atoms with Crippen molar-refractivity contribution >= 4 is 33.1 Å². The SMILES string of the molecule is CCCNc1nn(-c2cccc(Cl)c2)c(N)c1S(C)(=O)=O. The Morgan fingerprint density at radius 3 is 2.71 bits per heavy atom. The van der Waals surface area contributed by atoms with Crippen molar-refractivity contribution in [1.29, 1.82) is 0 Å². The molecule has 2 aromatic rings. The Morgan fingerprint density at radius 2 is 2.14 bits per heavy atom. The molecule has 0 bridgehead atoms. The molecule has 0 amide bonds. The van der Waals surface area contributed by atoms with E-state index in [1.807, 2.05) is 6.92 Å². The van der Waals surface area contributed by atoms with Crippen LogP contribution in [0.5, 0.6) is 0 Å². The monoisotopic (exact) mass is 328 g/mol. The van der Waals surface area contributed by atoms with Crippen molar-refractivity contribution in [1.82, 2.24) is 9.78 Å². The Labute approximate surface area is 128 Å². The number of rotatable bonds is 5. The Kier molecular flexibility index (Phi) is 4.43. The summed E-state index contributed by atoms with van der Waals surface area (Å²) in [5, 5.41) is 7.78. The van der Waals surface area contributed by atoms with Crippen molar-refractivity contribution < 1.29 is 8.42 Å². The molecule has 0 unspecified atom stereocenters. The summed E-state index contributed by atoms with van der Waals surface area (Å²) in [6, 6.07) is 6.89. The van der Waals surface area contributed by atoms with E-state index in [1.165, 1.54) is 4.68 Å². The smallest absolute Gasteiger partial charge is 0.182 e. The van der Waals surface area contributed by atoms with Crippen LogP contribution in [0, 0.1) is 0 Å². The number of sulfone groups is 1. The van der Waals surface area contributed by atoms with Gasteiger partial charge in [-0.05, 0) is 24.6 Å². The number of hydrogen-bond acceptors (Lipinski definition) is 5. The third-order valence-corrected chi connectivity index (χ3v) is 4.22. The summed E-state index contributed by atoms with van der Waals surface area (Å²) >= 11 is 5.95. The predicted octanol–water partition coefficient (Wildman–Crippen LogP) is 2.33. The van der Waals surface area contributed by atoms with E-state index in [4.69, 9.17) is 17.3 Å². The number of hydrogen-bond donors (Lipinski definition) is 2. The molecule has 0 saturated heterocycles. The molecular formula is C13H17ClN4O2S. The quantitative estimate of drug-likeness (QED) is 0.879. The number of nitrogens with one attached hydrogen (secondary N) is 1. The van der Waals surface area contributed by atoms with E-state index in [1.54, 1.807) is 24.3 Å². The molecule has 0 aliphatic rings. The standard InChI is InChI=1S/C13H17ClN4O2S/c1-3-7-16-13-11(21(2,19)20)12(15)18(17-13)10-6-4-5-9(14)8-10/h4-6,8H,3,7,15H2,1-2H3,(H,16,17). The van der Waals surface area contributed by atoms with Gasteiger partial charge in [0.1, 0.15) is 5.82 Å². The van der Waals surface area contributed by atoms with Gasteiger partial charge in [-0.3, -0.25) is 0 Å². The van der Waals surface area contributed by atoms with E-state index in [2.05, 4.69) is 10.4 Å². The molecule has 0 atom stereocenters. The minimum atomic E-state index is -3.50. The van der Waals surface area contributed by atoms with Gasteiger partial charge in [0, 0.05) is 17.8 Å². The average Bonchev–Trinajstić information content (AvgIpc) is 2.73. The first-order valence-electron chi connectivity index (χ1n) is 6.43. The first-order valence-corrected chi connectivity index (χ1v) is 8.70. The molecule has 0 fully saturated rings. The second-order valence-corrected chi connectivity index (χ2v) is 7.04. The Hall–Kier alpha value is -1.73. The minimum absolute atomic E-state index is 0.0101. The van der Waals surface area contributed by atoms with Crippen LogP contribution in [0.15, 0.2) is 29.2 Å². The van der Waals surface area contributed by atoms with Gasteiger partial charge in [0.25, 0.3) is 0 Å². The Balaban J connectivity index is 2.61. The zero-order valence-electron chi connectivity index (χ0n) is 11.8. The molecule has 8 heteroatoms. The van der Waals surface area contributed by atoms with Crippen LogP contribution >= 0.6 is 11.6 Å². The number of anilines is 2. The van der Waals surface area contributed by atoms with Crippen LogP contribution in [0.2, 0.25) is 5.02 Å². The molecular weight excluding hydrogens is 312 g/mol. The maximum atomic E-state index is 11.9. The second-order valence-electron chi connectivity index (χ2n) is 4.65. The van der Waals surface area contributed by atoms with Crippen molar-refractivity contribution in [2.45, 2.75) is 18.2 Å². The molecule has 0 aliphatic heterocycles. The van der Waals surface area contributed by atoms with E-state index < -0.39 is 9.84 Å². The van der Waals surface area contributed by atoms with Gasteiger partial charge >= 0.3 is 0 Å². The third kappa shape index (κ3) is 3.30. The molecule has 1 aromatic heterocycles. The summed E-state index contributed by atoms with van der Waals surface area (Å²) in [5.74, 6) is 0.329. The summed E-state index contributed by atoms with van der Waals surface area (Å²) in [6.07, 6.45) is 1.95.